The highest BCUT2D eigenvalue weighted by atomic mass is 35.5. The third kappa shape index (κ3) is 3.02. The van der Waals surface area contributed by atoms with Crippen LogP contribution in [-0.4, -0.2) is 6.04 Å². The summed E-state index contributed by atoms with van der Waals surface area (Å²) in [5, 5.41) is 0.183. The highest BCUT2D eigenvalue weighted by molar-refractivity contribution is 6.30. The molecule has 0 heterocycles. The van der Waals surface area contributed by atoms with Gasteiger partial charge in [-0.1, -0.05) is 37.4 Å². The van der Waals surface area contributed by atoms with Crippen molar-refractivity contribution in [3.63, 3.8) is 0 Å². The van der Waals surface area contributed by atoms with Crippen LogP contribution in [0.15, 0.2) is 18.2 Å². The molecule has 3 N–H and O–H groups in total. The topological polar surface area (TPSA) is 38.0 Å². The van der Waals surface area contributed by atoms with Crippen LogP contribution in [0, 0.1) is 17.7 Å². The Balaban J connectivity index is 2.07. The zero-order valence-corrected chi connectivity index (χ0v) is 11.4. The van der Waals surface area contributed by atoms with E-state index in [0.717, 1.165) is 12.0 Å². The summed E-state index contributed by atoms with van der Waals surface area (Å²) in [5.74, 6) is 6.60. The molecule has 4 heteroatoms. The summed E-state index contributed by atoms with van der Waals surface area (Å²) in [7, 11) is 0. The second-order valence-corrected chi connectivity index (χ2v) is 5.70. The first kappa shape index (κ1) is 13.8. The summed E-state index contributed by atoms with van der Waals surface area (Å²) < 4.78 is 13.1. The smallest absolute Gasteiger partial charge is 0.141 e. The van der Waals surface area contributed by atoms with E-state index in [4.69, 9.17) is 17.4 Å². The lowest BCUT2D eigenvalue weighted by Gasteiger charge is -2.26. The number of nitrogens with one attached hydrogen (secondary N) is 1. The molecule has 1 aromatic carbocycles. The third-order valence-electron chi connectivity index (χ3n) is 4.10. The van der Waals surface area contributed by atoms with Gasteiger partial charge < -0.3 is 0 Å². The molecule has 1 aliphatic carbocycles. The molecule has 0 amide bonds. The Hall–Kier alpha value is -0.640. The van der Waals surface area contributed by atoms with Crippen LogP contribution in [0.4, 0.5) is 4.39 Å². The van der Waals surface area contributed by atoms with E-state index in [1.54, 1.807) is 12.1 Å². The molecule has 3 unspecified atom stereocenters. The fourth-order valence-electron chi connectivity index (χ4n) is 3.03. The lowest BCUT2D eigenvalue weighted by atomic mass is 9.87. The Morgan fingerprint density at radius 3 is 2.83 bits per heavy atom. The molecule has 0 radical (unpaired) electrons. The van der Waals surface area contributed by atoms with E-state index < -0.39 is 0 Å². The molecular weight excluding hydrogens is 251 g/mol. The van der Waals surface area contributed by atoms with Gasteiger partial charge in [0.15, 0.2) is 0 Å². The van der Waals surface area contributed by atoms with Crippen molar-refractivity contribution in [2.75, 3.05) is 0 Å². The highest BCUT2D eigenvalue weighted by Gasteiger charge is 2.30. The summed E-state index contributed by atoms with van der Waals surface area (Å²) in [6.45, 7) is 2.28. The average molecular weight is 271 g/mol. The third-order valence-corrected chi connectivity index (χ3v) is 4.39. The van der Waals surface area contributed by atoms with Crippen molar-refractivity contribution in [1.29, 1.82) is 0 Å². The molecule has 0 spiro atoms. The minimum absolute atomic E-state index is 0.183. The molecule has 1 saturated carbocycles. The van der Waals surface area contributed by atoms with Gasteiger partial charge in [-0.2, -0.15) is 0 Å². The first-order chi connectivity index (χ1) is 8.61. The second-order valence-electron chi connectivity index (χ2n) is 5.30. The molecule has 3 atom stereocenters. The molecule has 0 aliphatic heterocycles. The molecule has 1 aliphatic rings. The first-order valence-corrected chi connectivity index (χ1v) is 6.89. The summed E-state index contributed by atoms with van der Waals surface area (Å²) in [4.78, 5) is 0. The van der Waals surface area contributed by atoms with Crippen LogP contribution in [0.1, 0.15) is 31.7 Å². The maximum Gasteiger partial charge on any atom is 0.141 e. The largest absolute Gasteiger partial charge is 0.271 e. The maximum absolute atomic E-state index is 13.1. The zero-order valence-electron chi connectivity index (χ0n) is 10.6. The van der Waals surface area contributed by atoms with E-state index in [-0.39, 0.29) is 16.9 Å². The van der Waals surface area contributed by atoms with Crippen LogP contribution < -0.4 is 11.3 Å². The van der Waals surface area contributed by atoms with Gasteiger partial charge >= 0.3 is 0 Å². The van der Waals surface area contributed by atoms with Gasteiger partial charge in [0.25, 0.3) is 0 Å². The molecule has 1 fully saturated rings. The van der Waals surface area contributed by atoms with Crippen LogP contribution in [0.25, 0.3) is 0 Å². The Bertz CT molecular complexity index is 411. The SMILES string of the molecule is CC1CCCC1C(Cc1ccc(F)c(Cl)c1)NN. The van der Waals surface area contributed by atoms with Gasteiger partial charge in [-0.25, -0.2) is 4.39 Å². The van der Waals surface area contributed by atoms with E-state index in [2.05, 4.69) is 12.3 Å². The molecule has 0 aromatic heterocycles. The van der Waals surface area contributed by atoms with Gasteiger partial charge in [-0.05, 0) is 42.4 Å². The lowest BCUT2D eigenvalue weighted by Crippen LogP contribution is -2.43. The summed E-state index contributed by atoms with van der Waals surface area (Å²) >= 11 is 5.80. The van der Waals surface area contributed by atoms with Crippen LogP contribution in [0.2, 0.25) is 5.02 Å². The number of nitrogens with two attached hydrogens (primary N) is 1. The summed E-state index contributed by atoms with van der Waals surface area (Å²) in [6.07, 6.45) is 4.55. The van der Waals surface area contributed by atoms with Crippen molar-refractivity contribution in [3.05, 3.63) is 34.6 Å². The van der Waals surface area contributed by atoms with Crippen molar-refractivity contribution in [3.8, 4) is 0 Å². The quantitative estimate of drug-likeness (QED) is 0.651. The number of hydrazine groups is 1. The molecule has 100 valence electrons. The van der Waals surface area contributed by atoms with E-state index in [1.165, 1.54) is 25.3 Å². The van der Waals surface area contributed by atoms with Gasteiger partial charge in [-0.15, -0.1) is 0 Å². The number of hydrogen-bond donors (Lipinski definition) is 2. The van der Waals surface area contributed by atoms with E-state index in [1.807, 2.05) is 0 Å². The second kappa shape index (κ2) is 6.00. The van der Waals surface area contributed by atoms with E-state index in [0.29, 0.717) is 11.8 Å². The molecule has 1 aromatic rings. The predicted molar refractivity (Wildman–Crippen MR) is 72.7 cm³/mol. The number of rotatable bonds is 4. The van der Waals surface area contributed by atoms with Gasteiger partial charge in [0.1, 0.15) is 5.82 Å². The molecule has 2 rings (SSSR count). The molecule has 2 nitrogen and oxygen atoms in total. The maximum atomic E-state index is 13.1. The van der Waals surface area contributed by atoms with Crippen molar-refractivity contribution in [2.24, 2.45) is 17.7 Å². The monoisotopic (exact) mass is 270 g/mol. The van der Waals surface area contributed by atoms with Crippen LogP contribution in [0.3, 0.4) is 0 Å². The zero-order chi connectivity index (χ0) is 13.1. The fraction of sp³-hybridized carbons (Fsp3) is 0.571. The molecule has 0 bridgehead atoms. The Labute approximate surface area is 113 Å². The van der Waals surface area contributed by atoms with Gasteiger partial charge in [0, 0.05) is 6.04 Å². The first-order valence-electron chi connectivity index (χ1n) is 6.52. The van der Waals surface area contributed by atoms with E-state index in [9.17, 15) is 4.39 Å². The minimum atomic E-state index is -0.369. The van der Waals surface area contributed by atoms with Crippen molar-refractivity contribution < 1.29 is 4.39 Å². The Morgan fingerprint density at radius 1 is 1.50 bits per heavy atom. The number of halogens is 2. The molecular formula is C14H20ClFN2. The van der Waals surface area contributed by atoms with Crippen molar-refractivity contribution in [1.82, 2.24) is 5.43 Å². The number of benzene rings is 1. The predicted octanol–water partition coefficient (Wildman–Crippen LogP) is 3.29. The Kier molecular flexibility index (Phi) is 4.60. The van der Waals surface area contributed by atoms with Crippen LogP contribution >= 0.6 is 11.6 Å². The number of hydrogen-bond acceptors (Lipinski definition) is 2. The van der Waals surface area contributed by atoms with Crippen LogP contribution in [0.5, 0.6) is 0 Å². The fourth-order valence-corrected chi connectivity index (χ4v) is 3.23. The van der Waals surface area contributed by atoms with E-state index >= 15 is 0 Å². The average Bonchev–Trinajstić information content (AvgIpc) is 2.77. The standard InChI is InChI=1S/C14H20ClFN2/c1-9-3-2-4-11(9)14(18-17)8-10-5-6-13(16)12(15)7-10/h5-7,9,11,14,18H,2-4,8,17H2,1H3. The van der Waals surface area contributed by atoms with Crippen molar-refractivity contribution in [2.45, 2.75) is 38.6 Å². The van der Waals surface area contributed by atoms with Gasteiger partial charge in [0.2, 0.25) is 0 Å². The molecule has 0 saturated heterocycles. The normalized spacial score (nSPS) is 25.3. The highest BCUT2D eigenvalue weighted by Crippen LogP contribution is 2.34. The summed E-state index contributed by atoms with van der Waals surface area (Å²) in [5.41, 5.74) is 3.95. The lowest BCUT2D eigenvalue weighted by molar-refractivity contribution is 0.297. The Morgan fingerprint density at radius 2 is 2.28 bits per heavy atom. The van der Waals surface area contributed by atoms with Gasteiger partial charge in [-0.3, -0.25) is 11.3 Å². The molecule has 18 heavy (non-hydrogen) atoms. The summed E-state index contributed by atoms with van der Waals surface area (Å²) in [6, 6.07) is 5.14. The van der Waals surface area contributed by atoms with Crippen LogP contribution in [-0.2, 0) is 6.42 Å². The van der Waals surface area contributed by atoms with Gasteiger partial charge in [0.05, 0.1) is 5.02 Å². The van der Waals surface area contributed by atoms with Crippen molar-refractivity contribution >= 4 is 11.6 Å². The minimum Gasteiger partial charge on any atom is -0.271 e.